The van der Waals surface area contributed by atoms with Gasteiger partial charge in [0.1, 0.15) is 0 Å². The summed E-state index contributed by atoms with van der Waals surface area (Å²) < 4.78 is 11.9. The maximum Gasteiger partial charge on any atom is 0.363 e. The van der Waals surface area contributed by atoms with Gasteiger partial charge in [-0.1, -0.05) is 30.3 Å². The minimum absolute atomic E-state index is 0.00545. The number of amides is 1. The van der Waals surface area contributed by atoms with E-state index in [0.29, 0.717) is 5.69 Å². The van der Waals surface area contributed by atoms with E-state index in [0.717, 1.165) is 16.8 Å². The van der Waals surface area contributed by atoms with Crippen LogP contribution in [0.25, 0.3) is 5.69 Å². The van der Waals surface area contributed by atoms with E-state index in [1.807, 2.05) is 56.3 Å². The van der Waals surface area contributed by atoms with E-state index in [9.17, 15) is 9.59 Å². The van der Waals surface area contributed by atoms with Crippen molar-refractivity contribution in [2.75, 3.05) is 19.0 Å². The summed E-state index contributed by atoms with van der Waals surface area (Å²) in [5, 5.41) is 6.97. The van der Waals surface area contributed by atoms with Crippen LogP contribution in [0.2, 0.25) is 0 Å². The van der Waals surface area contributed by atoms with Crippen molar-refractivity contribution >= 4 is 17.6 Å². The van der Waals surface area contributed by atoms with Gasteiger partial charge in [0.05, 0.1) is 19.0 Å². The predicted octanol–water partition coefficient (Wildman–Crippen LogP) is 3.29. The van der Waals surface area contributed by atoms with Crippen LogP contribution in [0.4, 0.5) is 5.69 Å². The lowest BCUT2D eigenvalue weighted by Gasteiger charge is -2.10. The molecule has 0 aliphatic carbocycles. The molecule has 2 aromatic carbocycles. The smallest absolute Gasteiger partial charge is 0.363 e. The minimum Gasteiger partial charge on any atom is -0.493 e. The van der Waals surface area contributed by atoms with E-state index < -0.39 is 18.5 Å². The van der Waals surface area contributed by atoms with Gasteiger partial charge in [0.15, 0.2) is 12.4 Å². The molecule has 1 amide bonds. The molecule has 0 saturated heterocycles. The third-order valence-corrected chi connectivity index (χ3v) is 4.33. The van der Waals surface area contributed by atoms with Gasteiger partial charge in [-0.3, -0.25) is 4.79 Å². The number of nitrogens with one attached hydrogen (secondary N) is 1. The fraction of sp³-hybridized carbons (Fsp3) is 0.190. The minimum atomic E-state index is -0.734. The molecule has 144 valence electrons. The van der Waals surface area contributed by atoms with Crippen LogP contribution in [0, 0.1) is 13.8 Å². The molecular weight excluding hydrogens is 358 g/mol. The number of ether oxygens (including phenoxy) is 2. The number of esters is 1. The van der Waals surface area contributed by atoms with Crippen molar-refractivity contribution in [3.63, 3.8) is 0 Å². The highest BCUT2D eigenvalue weighted by Crippen LogP contribution is 2.21. The first-order valence-electron chi connectivity index (χ1n) is 8.72. The molecule has 7 nitrogen and oxygen atoms in total. The molecule has 28 heavy (non-hydrogen) atoms. The molecule has 0 aliphatic heterocycles. The maximum atomic E-state index is 12.4. The molecule has 1 aromatic heterocycles. The number of hydrogen-bond donors (Lipinski definition) is 1. The van der Waals surface area contributed by atoms with Crippen molar-refractivity contribution in [1.29, 1.82) is 0 Å². The van der Waals surface area contributed by atoms with Crippen LogP contribution < -0.4 is 10.1 Å². The number of hydrogen-bond acceptors (Lipinski definition) is 5. The molecule has 0 atom stereocenters. The van der Waals surface area contributed by atoms with Crippen LogP contribution in [0.3, 0.4) is 0 Å². The molecule has 3 rings (SSSR count). The molecular formula is C21H21N3O4. The van der Waals surface area contributed by atoms with Crippen molar-refractivity contribution < 1.29 is 19.1 Å². The SMILES string of the molecule is COc1cn(-c2ccccc2)nc1C(=O)OCC(=O)Nc1cccc(C)c1C. The van der Waals surface area contributed by atoms with Gasteiger partial charge >= 0.3 is 5.97 Å². The second kappa shape index (κ2) is 8.39. The Morgan fingerprint density at radius 3 is 2.54 bits per heavy atom. The Balaban J connectivity index is 1.67. The lowest BCUT2D eigenvalue weighted by Crippen LogP contribution is -2.22. The predicted molar refractivity (Wildman–Crippen MR) is 105 cm³/mol. The number of aromatic nitrogens is 2. The number of nitrogens with zero attached hydrogens (tertiary/aromatic N) is 2. The number of aryl methyl sites for hydroxylation is 1. The van der Waals surface area contributed by atoms with Gasteiger partial charge in [0.2, 0.25) is 5.69 Å². The highest BCUT2D eigenvalue weighted by Gasteiger charge is 2.21. The third kappa shape index (κ3) is 4.20. The summed E-state index contributed by atoms with van der Waals surface area (Å²) in [7, 11) is 1.44. The van der Waals surface area contributed by atoms with E-state index in [1.165, 1.54) is 11.8 Å². The molecule has 0 spiro atoms. The number of methoxy groups -OCH3 is 1. The van der Waals surface area contributed by atoms with Gasteiger partial charge in [0, 0.05) is 5.69 Å². The van der Waals surface area contributed by atoms with Crippen molar-refractivity contribution in [2.24, 2.45) is 0 Å². The molecule has 0 aliphatic rings. The van der Waals surface area contributed by atoms with E-state index in [1.54, 1.807) is 12.3 Å². The summed E-state index contributed by atoms with van der Waals surface area (Å²) in [4.78, 5) is 24.5. The number of carbonyl (C=O) groups is 2. The second-order valence-electron chi connectivity index (χ2n) is 6.20. The molecule has 3 aromatic rings. The summed E-state index contributed by atoms with van der Waals surface area (Å²) in [6.45, 7) is 3.45. The topological polar surface area (TPSA) is 82.5 Å². The Morgan fingerprint density at radius 2 is 1.82 bits per heavy atom. The standard InChI is InChI=1S/C21H21N3O4/c1-14-8-7-11-17(15(14)2)22-19(25)13-28-21(26)20-18(27-3)12-24(23-20)16-9-5-4-6-10-16/h4-12H,13H2,1-3H3,(H,22,25). The molecule has 0 fully saturated rings. The Kier molecular flexibility index (Phi) is 5.74. The Morgan fingerprint density at radius 1 is 1.07 bits per heavy atom. The van der Waals surface area contributed by atoms with Crippen LogP contribution in [-0.2, 0) is 9.53 Å². The third-order valence-electron chi connectivity index (χ3n) is 4.33. The van der Waals surface area contributed by atoms with E-state index >= 15 is 0 Å². The number of rotatable bonds is 6. The molecule has 7 heteroatoms. The summed E-state index contributed by atoms with van der Waals surface area (Å²) in [6.07, 6.45) is 1.59. The highest BCUT2D eigenvalue weighted by atomic mass is 16.5. The van der Waals surface area contributed by atoms with Crippen LogP contribution in [0.5, 0.6) is 5.75 Å². The molecule has 1 N–H and O–H groups in total. The number of carbonyl (C=O) groups excluding carboxylic acids is 2. The average Bonchev–Trinajstić information content (AvgIpc) is 3.15. The first kappa shape index (κ1) is 19.2. The fourth-order valence-corrected chi connectivity index (χ4v) is 2.63. The Hall–Kier alpha value is -3.61. The lowest BCUT2D eigenvalue weighted by molar-refractivity contribution is -0.119. The van der Waals surface area contributed by atoms with Gasteiger partial charge < -0.3 is 14.8 Å². The van der Waals surface area contributed by atoms with Crippen LogP contribution in [-0.4, -0.2) is 35.4 Å². The van der Waals surface area contributed by atoms with Gasteiger partial charge in [-0.2, -0.15) is 5.10 Å². The quantitative estimate of drug-likeness (QED) is 0.665. The number of para-hydroxylation sites is 1. The van der Waals surface area contributed by atoms with E-state index in [2.05, 4.69) is 10.4 Å². The highest BCUT2D eigenvalue weighted by molar-refractivity contribution is 5.96. The zero-order valence-electron chi connectivity index (χ0n) is 15.9. The van der Waals surface area contributed by atoms with E-state index in [4.69, 9.17) is 9.47 Å². The molecule has 1 heterocycles. The van der Waals surface area contributed by atoms with Crippen molar-refractivity contribution in [2.45, 2.75) is 13.8 Å². The number of benzene rings is 2. The van der Waals surface area contributed by atoms with Crippen LogP contribution >= 0.6 is 0 Å². The summed E-state index contributed by atoms with van der Waals surface area (Å²) in [5.41, 5.74) is 3.49. The van der Waals surface area contributed by atoms with Crippen LogP contribution in [0.1, 0.15) is 21.6 Å². The zero-order chi connectivity index (χ0) is 20.1. The second-order valence-corrected chi connectivity index (χ2v) is 6.20. The zero-order valence-corrected chi connectivity index (χ0v) is 15.9. The Bertz CT molecular complexity index is 996. The van der Waals surface area contributed by atoms with Gasteiger partial charge in [-0.15, -0.1) is 0 Å². The average molecular weight is 379 g/mol. The monoisotopic (exact) mass is 379 g/mol. The Labute approximate surface area is 162 Å². The maximum absolute atomic E-state index is 12.4. The van der Waals surface area contributed by atoms with Crippen molar-refractivity contribution in [3.8, 4) is 11.4 Å². The fourth-order valence-electron chi connectivity index (χ4n) is 2.63. The summed E-state index contributed by atoms with van der Waals surface area (Å²) in [6, 6.07) is 14.9. The van der Waals surface area contributed by atoms with Crippen LogP contribution in [0.15, 0.2) is 54.7 Å². The summed E-state index contributed by atoms with van der Waals surface area (Å²) >= 11 is 0. The normalized spacial score (nSPS) is 10.4. The largest absolute Gasteiger partial charge is 0.493 e. The van der Waals surface area contributed by atoms with Gasteiger partial charge in [-0.05, 0) is 43.2 Å². The first-order valence-corrected chi connectivity index (χ1v) is 8.72. The van der Waals surface area contributed by atoms with E-state index in [-0.39, 0.29) is 11.4 Å². The van der Waals surface area contributed by atoms with Gasteiger partial charge in [0.25, 0.3) is 5.91 Å². The number of anilines is 1. The molecule has 0 saturated carbocycles. The van der Waals surface area contributed by atoms with Crippen molar-refractivity contribution in [3.05, 3.63) is 71.5 Å². The molecule has 0 bridgehead atoms. The molecule has 0 unspecified atom stereocenters. The van der Waals surface area contributed by atoms with Gasteiger partial charge in [-0.25, -0.2) is 9.48 Å². The lowest BCUT2D eigenvalue weighted by atomic mass is 10.1. The first-order chi connectivity index (χ1) is 13.5. The van der Waals surface area contributed by atoms with Crippen molar-refractivity contribution in [1.82, 2.24) is 9.78 Å². The molecule has 0 radical (unpaired) electrons. The summed E-state index contributed by atoms with van der Waals surface area (Å²) in [5.74, 6) is -0.894.